The summed E-state index contributed by atoms with van der Waals surface area (Å²) in [5.74, 6) is 0.957. The van der Waals surface area contributed by atoms with E-state index in [0.29, 0.717) is 0 Å². The van der Waals surface area contributed by atoms with Crippen molar-refractivity contribution in [3.63, 3.8) is 0 Å². The minimum Gasteiger partial charge on any atom is -0.338 e. The highest BCUT2D eigenvalue weighted by Gasteiger charge is 2.45. The van der Waals surface area contributed by atoms with E-state index in [1.165, 1.54) is 16.7 Å². The smallest absolute Gasteiger partial charge is 0.136 e. The topological polar surface area (TPSA) is 40.7 Å². The molecule has 3 nitrogen and oxygen atoms in total. The maximum Gasteiger partial charge on any atom is 0.136 e. The maximum absolute atomic E-state index is 4.88. The van der Waals surface area contributed by atoms with E-state index in [0.717, 1.165) is 16.9 Å². The third-order valence-electron chi connectivity index (χ3n) is 4.81. The Hall–Kier alpha value is -2.39. The Balaban J connectivity index is 2.02. The van der Waals surface area contributed by atoms with E-state index in [-0.39, 0.29) is 11.1 Å². The van der Waals surface area contributed by atoms with Gasteiger partial charge in [0.1, 0.15) is 5.82 Å². The molecule has 2 heterocycles. The molecule has 24 heavy (non-hydrogen) atoms. The first-order valence-electron chi connectivity index (χ1n) is 8.44. The molecule has 2 aromatic carbocycles. The van der Waals surface area contributed by atoms with Gasteiger partial charge in [0.25, 0.3) is 0 Å². The second-order valence-electron chi connectivity index (χ2n) is 7.59. The van der Waals surface area contributed by atoms with Crippen molar-refractivity contribution in [3.05, 3.63) is 66.0 Å². The average Bonchev–Trinajstić information content (AvgIpc) is 3.02. The van der Waals surface area contributed by atoms with Crippen molar-refractivity contribution in [1.29, 1.82) is 0 Å². The molecule has 0 spiro atoms. The summed E-state index contributed by atoms with van der Waals surface area (Å²) in [5, 5.41) is 3.78. The number of fused-ring (bicyclic) bond motifs is 1. The van der Waals surface area contributed by atoms with Crippen LogP contribution in [0, 0.1) is 0 Å². The maximum atomic E-state index is 4.88. The van der Waals surface area contributed by atoms with Crippen LogP contribution in [0.25, 0.3) is 22.2 Å². The zero-order valence-electron chi connectivity index (χ0n) is 14.6. The third-order valence-corrected chi connectivity index (χ3v) is 4.81. The van der Waals surface area contributed by atoms with Crippen LogP contribution in [0.1, 0.15) is 39.1 Å². The molecule has 0 amide bonds. The fourth-order valence-electron chi connectivity index (χ4n) is 4.13. The monoisotopic (exact) mass is 317 g/mol. The number of H-pyrrole nitrogens is 1. The Labute approximate surface area is 142 Å². The Morgan fingerprint density at radius 3 is 2.08 bits per heavy atom. The van der Waals surface area contributed by atoms with Gasteiger partial charge in [0, 0.05) is 16.7 Å². The summed E-state index contributed by atoms with van der Waals surface area (Å²) in [5.41, 5.74) is 5.60. The molecular formula is C21H23N3. The van der Waals surface area contributed by atoms with Gasteiger partial charge in [0.05, 0.1) is 11.0 Å². The van der Waals surface area contributed by atoms with Gasteiger partial charge in [-0.25, -0.2) is 4.98 Å². The van der Waals surface area contributed by atoms with Crippen LogP contribution in [0.15, 0.2) is 54.6 Å². The van der Waals surface area contributed by atoms with Crippen LogP contribution in [0.2, 0.25) is 0 Å². The summed E-state index contributed by atoms with van der Waals surface area (Å²) in [6.07, 6.45) is 0. The van der Waals surface area contributed by atoms with Crippen LogP contribution in [0.5, 0.6) is 0 Å². The second kappa shape index (κ2) is 5.05. The zero-order valence-corrected chi connectivity index (χ0v) is 14.6. The largest absolute Gasteiger partial charge is 0.338 e. The van der Waals surface area contributed by atoms with Crippen LogP contribution in [0.4, 0.5) is 0 Å². The Bertz CT molecular complexity index is 897. The van der Waals surface area contributed by atoms with E-state index in [1.54, 1.807) is 0 Å². The first-order chi connectivity index (χ1) is 11.4. The number of aromatic nitrogens is 2. The van der Waals surface area contributed by atoms with Crippen molar-refractivity contribution in [2.45, 2.75) is 38.8 Å². The number of benzene rings is 2. The fourth-order valence-corrected chi connectivity index (χ4v) is 4.13. The summed E-state index contributed by atoms with van der Waals surface area (Å²) in [6.45, 7) is 8.94. The van der Waals surface area contributed by atoms with Crippen molar-refractivity contribution >= 4 is 22.2 Å². The second-order valence-corrected chi connectivity index (χ2v) is 7.59. The van der Waals surface area contributed by atoms with Crippen molar-refractivity contribution in [3.8, 4) is 0 Å². The zero-order chi connectivity index (χ0) is 16.9. The van der Waals surface area contributed by atoms with Gasteiger partial charge in [0.2, 0.25) is 0 Å². The van der Waals surface area contributed by atoms with Gasteiger partial charge < -0.3 is 4.98 Å². The van der Waals surface area contributed by atoms with Gasteiger partial charge in [-0.1, -0.05) is 42.5 Å². The molecule has 122 valence electrons. The van der Waals surface area contributed by atoms with Crippen molar-refractivity contribution in [2.24, 2.45) is 0 Å². The molecule has 0 fully saturated rings. The Morgan fingerprint density at radius 2 is 1.38 bits per heavy atom. The number of nitrogens with one attached hydrogen (secondary N) is 2. The molecule has 0 aliphatic carbocycles. The van der Waals surface area contributed by atoms with Crippen LogP contribution in [0.3, 0.4) is 0 Å². The molecule has 0 bridgehead atoms. The SMILES string of the molecule is CC1(C)NC(C)(C)C(c2nc3ccccc3[nH]2)=C1c1ccccc1. The number of nitrogens with zero attached hydrogens (tertiary/aromatic N) is 1. The van der Waals surface area contributed by atoms with E-state index in [9.17, 15) is 0 Å². The van der Waals surface area contributed by atoms with Crippen molar-refractivity contribution in [2.75, 3.05) is 0 Å². The number of hydrogen-bond donors (Lipinski definition) is 2. The van der Waals surface area contributed by atoms with Gasteiger partial charge in [-0.2, -0.15) is 0 Å². The molecule has 0 atom stereocenters. The summed E-state index contributed by atoms with van der Waals surface area (Å²) in [7, 11) is 0. The molecule has 4 rings (SSSR count). The number of hydrogen-bond acceptors (Lipinski definition) is 2. The predicted molar refractivity (Wildman–Crippen MR) is 101 cm³/mol. The lowest BCUT2D eigenvalue weighted by Gasteiger charge is -2.28. The van der Waals surface area contributed by atoms with E-state index in [4.69, 9.17) is 4.98 Å². The number of imidazole rings is 1. The minimum atomic E-state index is -0.164. The minimum absolute atomic E-state index is 0.126. The van der Waals surface area contributed by atoms with Crippen LogP contribution < -0.4 is 5.32 Å². The first kappa shape index (κ1) is 15.2. The molecule has 2 N–H and O–H groups in total. The molecular weight excluding hydrogens is 294 g/mol. The van der Waals surface area contributed by atoms with Crippen LogP contribution >= 0.6 is 0 Å². The standard InChI is InChI=1S/C21H23N3/c1-20(2)17(14-10-6-5-7-11-14)18(21(3,4)24-20)19-22-15-12-8-9-13-16(15)23-19/h5-13,24H,1-4H3,(H,22,23). The molecule has 1 aromatic heterocycles. The number of para-hydroxylation sites is 2. The van der Waals surface area contributed by atoms with E-state index in [2.05, 4.69) is 80.5 Å². The normalized spacial score (nSPS) is 19.2. The quantitative estimate of drug-likeness (QED) is 0.723. The van der Waals surface area contributed by atoms with Gasteiger partial charge in [-0.3, -0.25) is 5.32 Å². The summed E-state index contributed by atoms with van der Waals surface area (Å²) in [6, 6.07) is 18.8. The molecule has 0 radical (unpaired) electrons. The Kier molecular flexibility index (Phi) is 3.19. The van der Waals surface area contributed by atoms with Crippen LogP contribution in [-0.2, 0) is 0 Å². The molecule has 1 aliphatic rings. The summed E-state index contributed by atoms with van der Waals surface area (Å²) >= 11 is 0. The fraction of sp³-hybridized carbons (Fsp3) is 0.286. The van der Waals surface area contributed by atoms with Gasteiger partial charge in [-0.05, 0) is 51.0 Å². The molecule has 3 heteroatoms. The van der Waals surface area contributed by atoms with E-state index in [1.807, 2.05) is 12.1 Å². The van der Waals surface area contributed by atoms with E-state index >= 15 is 0 Å². The Morgan fingerprint density at radius 1 is 0.750 bits per heavy atom. The number of aromatic amines is 1. The van der Waals surface area contributed by atoms with Crippen LogP contribution in [-0.4, -0.2) is 21.0 Å². The molecule has 3 aromatic rings. The van der Waals surface area contributed by atoms with E-state index < -0.39 is 0 Å². The lowest BCUT2D eigenvalue weighted by Crippen LogP contribution is -2.46. The summed E-state index contributed by atoms with van der Waals surface area (Å²) < 4.78 is 0. The summed E-state index contributed by atoms with van der Waals surface area (Å²) in [4.78, 5) is 8.40. The highest BCUT2D eigenvalue weighted by Crippen LogP contribution is 2.46. The van der Waals surface area contributed by atoms with Gasteiger partial charge >= 0.3 is 0 Å². The average molecular weight is 317 g/mol. The van der Waals surface area contributed by atoms with Crippen molar-refractivity contribution < 1.29 is 0 Å². The highest BCUT2D eigenvalue weighted by molar-refractivity contribution is 6.00. The van der Waals surface area contributed by atoms with Gasteiger partial charge in [-0.15, -0.1) is 0 Å². The van der Waals surface area contributed by atoms with Crippen molar-refractivity contribution in [1.82, 2.24) is 15.3 Å². The van der Waals surface area contributed by atoms with Gasteiger partial charge in [0.15, 0.2) is 0 Å². The highest BCUT2D eigenvalue weighted by atomic mass is 15.1. The lowest BCUT2D eigenvalue weighted by atomic mass is 9.85. The molecule has 0 saturated carbocycles. The third kappa shape index (κ3) is 2.28. The molecule has 1 aliphatic heterocycles. The molecule has 0 saturated heterocycles. The first-order valence-corrected chi connectivity index (χ1v) is 8.44. The number of rotatable bonds is 2. The molecule has 0 unspecified atom stereocenters. The lowest BCUT2D eigenvalue weighted by molar-refractivity contribution is 0.408. The predicted octanol–water partition coefficient (Wildman–Crippen LogP) is 4.63.